The largest absolute Gasteiger partial charge is 0.480 e. The molecule has 108 valence electrons. The van der Waals surface area contributed by atoms with Crippen molar-refractivity contribution in [3.05, 3.63) is 30.2 Å². The molecule has 0 aliphatic heterocycles. The fraction of sp³-hybridized carbons (Fsp3) is 0.429. The molecular weight excluding hydrogens is 256 g/mol. The second kappa shape index (κ2) is 6.38. The van der Waals surface area contributed by atoms with E-state index in [1.54, 1.807) is 6.07 Å². The lowest BCUT2D eigenvalue weighted by Gasteiger charge is -2.12. The van der Waals surface area contributed by atoms with E-state index in [1.165, 1.54) is 0 Å². The number of carbonyl (C=O) groups is 1. The van der Waals surface area contributed by atoms with Crippen molar-refractivity contribution in [2.75, 3.05) is 6.61 Å². The van der Waals surface area contributed by atoms with Crippen molar-refractivity contribution < 1.29 is 9.53 Å². The Labute approximate surface area is 117 Å². The lowest BCUT2D eigenvalue weighted by molar-refractivity contribution is -0.123. The molecule has 0 aromatic carbocycles. The number of imidazole rings is 1. The van der Waals surface area contributed by atoms with E-state index in [2.05, 4.69) is 10.3 Å². The van der Waals surface area contributed by atoms with E-state index >= 15 is 0 Å². The summed E-state index contributed by atoms with van der Waals surface area (Å²) in [6.45, 7) is 4.33. The van der Waals surface area contributed by atoms with Crippen LogP contribution in [-0.4, -0.2) is 27.9 Å². The second-order valence-electron chi connectivity index (χ2n) is 4.71. The summed E-state index contributed by atoms with van der Waals surface area (Å²) >= 11 is 0. The smallest absolute Gasteiger partial charge is 0.258 e. The molecule has 1 atom stereocenters. The summed E-state index contributed by atoms with van der Waals surface area (Å²) in [6.07, 6.45) is 4.61. The van der Waals surface area contributed by atoms with E-state index in [4.69, 9.17) is 10.5 Å². The zero-order valence-corrected chi connectivity index (χ0v) is 11.8. The minimum atomic E-state index is -0.132. The summed E-state index contributed by atoms with van der Waals surface area (Å²) in [5.74, 6) is 0.443. The number of amides is 1. The highest BCUT2D eigenvalue weighted by molar-refractivity contribution is 5.78. The van der Waals surface area contributed by atoms with Gasteiger partial charge in [-0.05, 0) is 25.5 Å². The molecular formula is C14H20N4O2. The minimum absolute atomic E-state index is 0.0190. The van der Waals surface area contributed by atoms with E-state index in [9.17, 15) is 4.79 Å². The van der Waals surface area contributed by atoms with Gasteiger partial charge in [-0.3, -0.25) is 4.79 Å². The monoisotopic (exact) mass is 276 g/mol. The summed E-state index contributed by atoms with van der Waals surface area (Å²) in [5, 5.41) is 2.85. The van der Waals surface area contributed by atoms with Crippen LogP contribution in [0.15, 0.2) is 24.5 Å². The number of pyridine rings is 1. The van der Waals surface area contributed by atoms with E-state index in [0.717, 1.165) is 12.1 Å². The molecule has 0 saturated carbocycles. The SMILES string of the molecule is CCC(C)NC(=O)COc1cccn2cc(CN)nc12. The molecule has 0 spiro atoms. The second-order valence-corrected chi connectivity index (χ2v) is 4.71. The van der Waals surface area contributed by atoms with Crippen LogP contribution < -0.4 is 15.8 Å². The molecule has 1 amide bonds. The number of hydrogen-bond acceptors (Lipinski definition) is 4. The number of nitrogens with zero attached hydrogens (tertiary/aromatic N) is 2. The van der Waals surface area contributed by atoms with E-state index in [-0.39, 0.29) is 18.6 Å². The zero-order valence-electron chi connectivity index (χ0n) is 11.8. The molecule has 2 rings (SSSR count). The van der Waals surface area contributed by atoms with Crippen molar-refractivity contribution >= 4 is 11.6 Å². The van der Waals surface area contributed by atoms with Crippen LogP contribution in [0.5, 0.6) is 5.75 Å². The molecule has 0 radical (unpaired) electrons. The first-order valence-electron chi connectivity index (χ1n) is 6.72. The molecule has 2 aromatic heterocycles. The number of nitrogens with two attached hydrogens (primary N) is 1. The number of hydrogen-bond donors (Lipinski definition) is 2. The molecule has 2 heterocycles. The highest BCUT2D eigenvalue weighted by atomic mass is 16.5. The maximum Gasteiger partial charge on any atom is 0.258 e. The first kappa shape index (κ1) is 14.3. The first-order valence-corrected chi connectivity index (χ1v) is 6.72. The van der Waals surface area contributed by atoms with Gasteiger partial charge in [0.15, 0.2) is 18.0 Å². The average molecular weight is 276 g/mol. The number of ether oxygens (including phenoxy) is 1. The first-order chi connectivity index (χ1) is 9.63. The van der Waals surface area contributed by atoms with Crippen molar-refractivity contribution in [1.82, 2.24) is 14.7 Å². The zero-order chi connectivity index (χ0) is 14.5. The van der Waals surface area contributed by atoms with Gasteiger partial charge in [0.1, 0.15) is 0 Å². The maximum absolute atomic E-state index is 11.7. The molecule has 1 unspecified atom stereocenters. The standard InChI is InChI=1S/C14H20N4O2/c1-3-10(2)16-13(19)9-20-12-5-4-6-18-8-11(7-15)17-14(12)18/h4-6,8,10H,3,7,9,15H2,1-2H3,(H,16,19). The summed E-state index contributed by atoms with van der Waals surface area (Å²) in [4.78, 5) is 16.1. The van der Waals surface area contributed by atoms with Crippen LogP contribution in [0, 0.1) is 0 Å². The van der Waals surface area contributed by atoms with Gasteiger partial charge >= 0.3 is 0 Å². The molecule has 0 saturated heterocycles. The fourth-order valence-corrected chi connectivity index (χ4v) is 1.81. The molecule has 0 bridgehead atoms. The molecule has 20 heavy (non-hydrogen) atoms. The van der Waals surface area contributed by atoms with Crippen molar-refractivity contribution in [2.45, 2.75) is 32.9 Å². The third-order valence-corrected chi connectivity index (χ3v) is 3.08. The fourth-order valence-electron chi connectivity index (χ4n) is 1.81. The van der Waals surface area contributed by atoms with Crippen molar-refractivity contribution in [2.24, 2.45) is 5.73 Å². The van der Waals surface area contributed by atoms with Gasteiger partial charge in [-0.25, -0.2) is 4.98 Å². The van der Waals surface area contributed by atoms with Gasteiger partial charge in [-0.15, -0.1) is 0 Å². The number of rotatable bonds is 6. The maximum atomic E-state index is 11.7. The minimum Gasteiger partial charge on any atom is -0.480 e. The van der Waals surface area contributed by atoms with Crippen molar-refractivity contribution in [3.63, 3.8) is 0 Å². The average Bonchev–Trinajstić information content (AvgIpc) is 2.88. The lowest BCUT2D eigenvalue weighted by Crippen LogP contribution is -2.35. The van der Waals surface area contributed by atoms with Crippen molar-refractivity contribution in [3.8, 4) is 5.75 Å². The van der Waals surface area contributed by atoms with Crippen LogP contribution in [0.25, 0.3) is 5.65 Å². The van der Waals surface area contributed by atoms with Gasteiger partial charge in [0.2, 0.25) is 0 Å². The van der Waals surface area contributed by atoms with E-state index in [1.807, 2.05) is 36.7 Å². The Bertz CT molecular complexity index is 594. The lowest BCUT2D eigenvalue weighted by atomic mass is 10.2. The third-order valence-electron chi connectivity index (χ3n) is 3.08. The van der Waals surface area contributed by atoms with Gasteiger partial charge < -0.3 is 20.2 Å². The Morgan fingerprint density at radius 1 is 1.60 bits per heavy atom. The number of fused-ring (bicyclic) bond motifs is 1. The van der Waals surface area contributed by atoms with Gasteiger partial charge in [0.25, 0.3) is 5.91 Å². The number of aromatic nitrogens is 2. The quantitative estimate of drug-likeness (QED) is 0.827. The van der Waals surface area contributed by atoms with E-state index < -0.39 is 0 Å². The molecule has 2 aromatic rings. The Balaban J connectivity index is 2.06. The summed E-state index contributed by atoms with van der Waals surface area (Å²) in [7, 11) is 0. The molecule has 3 N–H and O–H groups in total. The summed E-state index contributed by atoms with van der Waals surface area (Å²) in [6, 6.07) is 3.79. The Morgan fingerprint density at radius 2 is 2.40 bits per heavy atom. The number of carbonyl (C=O) groups excluding carboxylic acids is 1. The van der Waals surface area contributed by atoms with Gasteiger partial charge in [0.05, 0.1) is 5.69 Å². The highest BCUT2D eigenvalue weighted by Crippen LogP contribution is 2.18. The Kier molecular flexibility index (Phi) is 4.57. The van der Waals surface area contributed by atoms with Crippen LogP contribution in [0.3, 0.4) is 0 Å². The molecule has 0 fully saturated rings. The third kappa shape index (κ3) is 3.27. The van der Waals surface area contributed by atoms with Gasteiger partial charge in [-0.1, -0.05) is 6.92 Å². The summed E-state index contributed by atoms with van der Waals surface area (Å²) in [5.41, 5.74) is 7.03. The van der Waals surface area contributed by atoms with Gasteiger partial charge in [-0.2, -0.15) is 0 Å². The predicted molar refractivity (Wildman–Crippen MR) is 76.5 cm³/mol. The van der Waals surface area contributed by atoms with Crippen LogP contribution >= 0.6 is 0 Å². The molecule has 6 heteroatoms. The molecule has 0 aliphatic carbocycles. The molecule has 6 nitrogen and oxygen atoms in total. The Hall–Kier alpha value is -2.08. The Morgan fingerprint density at radius 3 is 3.10 bits per heavy atom. The van der Waals surface area contributed by atoms with E-state index in [0.29, 0.717) is 17.9 Å². The highest BCUT2D eigenvalue weighted by Gasteiger charge is 2.10. The molecule has 0 aliphatic rings. The van der Waals surface area contributed by atoms with Gasteiger partial charge in [0, 0.05) is 25.0 Å². The van der Waals surface area contributed by atoms with Crippen molar-refractivity contribution in [1.29, 1.82) is 0 Å². The van der Waals surface area contributed by atoms with Crippen LogP contribution in [0.1, 0.15) is 26.0 Å². The normalized spacial score (nSPS) is 12.3. The predicted octanol–water partition coefficient (Wildman–Crippen LogP) is 1.09. The van der Waals surface area contributed by atoms with Crippen LogP contribution in [0.4, 0.5) is 0 Å². The topological polar surface area (TPSA) is 81.6 Å². The summed E-state index contributed by atoms with van der Waals surface area (Å²) < 4.78 is 7.39. The number of nitrogens with one attached hydrogen (secondary N) is 1. The van der Waals surface area contributed by atoms with Crippen LogP contribution in [0.2, 0.25) is 0 Å². The van der Waals surface area contributed by atoms with Crippen LogP contribution in [-0.2, 0) is 11.3 Å².